The monoisotopic (exact) mass is 941 g/mol. The molecule has 68 heavy (non-hydrogen) atoms. The highest BCUT2D eigenvalue weighted by molar-refractivity contribution is 5.95. The number of methoxy groups -OCH3 is 1. The average Bonchev–Trinajstić information content (AvgIpc) is 3.84. The Kier molecular flexibility index (Phi) is 17.6. The van der Waals surface area contributed by atoms with Crippen LogP contribution in [0.1, 0.15) is 97.9 Å². The van der Waals surface area contributed by atoms with Crippen molar-refractivity contribution < 1.29 is 38.2 Å². The maximum absolute atomic E-state index is 14.2. The average molecular weight is 941 g/mol. The maximum atomic E-state index is 14.2. The number of pyridine rings is 1. The molecule has 16 nitrogen and oxygen atoms in total. The Bertz CT molecular complexity index is 2270. The summed E-state index contributed by atoms with van der Waals surface area (Å²) in [5, 5.41) is 5.54. The van der Waals surface area contributed by atoms with E-state index in [4.69, 9.17) is 19.2 Å². The van der Waals surface area contributed by atoms with Gasteiger partial charge in [-0.3, -0.25) is 29.2 Å². The van der Waals surface area contributed by atoms with Gasteiger partial charge in [0.15, 0.2) is 0 Å². The molecule has 16 heteroatoms. The molecular weight excluding hydrogens is 865 g/mol. The van der Waals surface area contributed by atoms with Crippen molar-refractivity contribution in [2.24, 2.45) is 17.3 Å². The minimum atomic E-state index is -1.17. The molecule has 2 aromatic heterocycles. The highest BCUT2D eigenvalue weighted by atomic mass is 16.5. The van der Waals surface area contributed by atoms with E-state index in [1.807, 2.05) is 40.0 Å². The summed E-state index contributed by atoms with van der Waals surface area (Å²) in [4.78, 5) is 77.3. The second kappa shape index (κ2) is 23.0. The second-order valence-corrected chi connectivity index (χ2v) is 19.9. The first-order valence-electron chi connectivity index (χ1n) is 24.6. The van der Waals surface area contributed by atoms with Gasteiger partial charge >= 0.3 is 0 Å². The molecule has 0 bridgehead atoms. The van der Waals surface area contributed by atoms with Crippen LogP contribution in [0.5, 0.6) is 0 Å². The summed E-state index contributed by atoms with van der Waals surface area (Å²) >= 11 is 0. The minimum Gasteiger partial charge on any atom is -0.380 e. The van der Waals surface area contributed by atoms with E-state index in [9.17, 15) is 24.0 Å². The van der Waals surface area contributed by atoms with Gasteiger partial charge in [-0.15, -0.1) is 0 Å². The number of carbonyl (C=O) groups is 5. The minimum absolute atomic E-state index is 0.0368. The van der Waals surface area contributed by atoms with Gasteiger partial charge in [0, 0.05) is 88.4 Å². The molecule has 0 radical (unpaired) electrons. The first-order valence-corrected chi connectivity index (χ1v) is 24.6. The quantitative estimate of drug-likeness (QED) is 0.105. The van der Waals surface area contributed by atoms with Crippen molar-refractivity contribution in [3.63, 3.8) is 0 Å². The number of anilines is 1. The molecule has 5 atom stereocenters. The first kappa shape index (κ1) is 52.2. The molecule has 3 aromatic rings. The molecular formula is C52H76N8O8. The van der Waals surface area contributed by atoms with Crippen LogP contribution in [0.15, 0.2) is 49.2 Å². The third-order valence-electron chi connectivity index (χ3n) is 14.0. The Morgan fingerprint density at radius 3 is 2.56 bits per heavy atom. The Balaban J connectivity index is 1.17. The van der Waals surface area contributed by atoms with Crippen LogP contribution >= 0.6 is 0 Å². The lowest BCUT2D eigenvalue weighted by Gasteiger charge is -2.42. The normalized spacial score (nSPS) is 20.5. The number of hydrazine groups is 1. The Morgan fingerprint density at radius 2 is 1.87 bits per heavy atom. The summed E-state index contributed by atoms with van der Waals surface area (Å²) < 4.78 is 20.6. The Labute approximate surface area is 403 Å². The maximum Gasteiger partial charge on any atom is 0.259 e. The van der Waals surface area contributed by atoms with Gasteiger partial charge in [0.25, 0.3) is 5.91 Å². The van der Waals surface area contributed by atoms with Gasteiger partial charge in [-0.2, -0.15) is 0 Å². The molecule has 2 N–H and O–H groups in total. The van der Waals surface area contributed by atoms with E-state index in [0.717, 1.165) is 67.1 Å². The van der Waals surface area contributed by atoms with Gasteiger partial charge in [-0.1, -0.05) is 41.2 Å². The zero-order chi connectivity index (χ0) is 49.3. The smallest absolute Gasteiger partial charge is 0.259 e. The summed E-state index contributed by atoms with van der Waals surface area (Å²) in [6, 6.07) is 9.13. The number of benzene rings is 1. The second-order valence-electron chi connectivity index (χ2n) is 19.9. The predicted molar refractivity (Wildman–Crippen MR) is 264 cm³/mol. The van der Waals surface area contributed by atoms with Crippen molar-refractivity contribution in [1.29, 1.82) is 0 Å². The number of aromatic nitrogens is 2. The molecule has 5 heterocycles. The van der Waals surface area contributed by atoms with Crippen molar-refractivity contribution in [2.75, 3.05) is 78.2 Å². The van der Waals surface area contributed by atoms with Gasteiger partial charge in [-0.25, -0.2) is 5.43 Å². The van der Waals surface area contributed by atoms with Crippen molar-refractivity contribution in [1.82, 2.24) is 35.1 Å². The number of nitrogens with zero attached hydrogens (tertiary/aromatic N) is 6. The highest BCUT2D eigenvalue weighted by Gasteiger charge is 2.42. The van der Waals surface area contributed by atoms with Crippen LogP contribution in [0.25, 0.3) is 22.2 Å². The van der Waals surface area contributed by atoms with E-state index in [0.29, 0.717) is 58.4 Å². The van der Waals surface area contributed by atoms with E-state index in [1.165, 1.54) is 26.9 Å². The topological polar surface area (TPSA) is 168 Å². The number of nitrogens with one attached hydrogen (secondary N) is 2. The first-order chi connectivity index (χ1) is 32.5. The zero-order valence-electron chi connectivity index (χ0n) is 42.0. The number of likely N-dealkylation sites (tertiary alicyclic amines) is 1. The fourth-order valence-corrected chi connectivity index (χ4v) is 10.3. The molecule has 3 aliphatic rings. The van der Waals surface area contributed by atoms with E-state index in [1.54, 1.807) is 19.1 Å². The summed E-state index contributed by atoms with van der Waals surface area (Å²) in [6.07, 6.45) is 7.08. The molecule has 6 rings (SSSR count). The van der Waals surface area contributed by atoms with Crippen molar-refractivity contribution in [3.8, 4) is 11.3 Å². The van der Waals surface area contributed by atoms with Crippen LogP contribution in [-0.4, -0.2) is 145 Å². The fraction of sp³-hybridized carbons (Fsp3) is 0.615. The Hall–Kier alpha value is -5.16. The molecule has 3 fully saturated rings. The van der Waals surface area contributed by atoms with Crippen LogP contribution < -0.4 is 15.6 Å². The van der Waals surface area contributed by atoms with E-state index in [-0.39, 0.29) is 42.9 Å². The number of hydrogen-bond acceptors (Lipinski definition) is 11. The number of ether oxygens (including phenoxy) is 3. The third-order valence-corrected chi connectivity index (χ3v) is 14.0. The largest absolute Gasteiger partial charge is 0.380 e. The van der Waals surface area contributed by atoms with Crippen LogP contribution in [-0.2, 0) is 51.1 Å². The molecule has 372 valence electrons. The summed E-state index contributed by atoms with van der Waals surface area (Å²) in [5.41, 5.74) is 8.12. The number of amides is 4. The lowest BCUT2D eigenvalue weighted by Crippen LogP contribution is -2.66. The molecule has 3 saturated heterocycles. The van der Waals surface area contributed by atoms with Crippen molar-refractivity contribution in [2.45, 2.75) is 117 Å². The van der Waals surface area contributed by atoms with E-state index in [2.05, 4.69) is 71.8 Å². The number of rotatable bonds is 20. The fourth-order valence-electron chi connectivity index (χ4n) is 10.3. The SMILES string of the molecule is C=CC(=O)N1CC[C@H](C(=O)N(C)[C@H](C(=O)N[C@@H](CC)C(=O)N2CCCC(C=O)(COCC(C)(C)Cc3c(-c4cccnc4[C@H](C)OC)n(CC)c4ccc(N5CCCOCC5)cc34)N2)C(C)C)C1. The summed E-state index contributed by atoms with van der Waals surface area (Å²) in [7, 11) is 3.31. The third kappa shape index (κ3) is 11.6. The number of fused-ring (bicyclic) bond motifs is 1. The number of aldehydes is 1. The van der Waals surface area contributed by atoms with E-state index < -0.39 is 34.9 Å². The number of hydrogen-bond donors (Lipinski definition) is 2. The molecule has 0 aliphatic carbocycles. The number of likely N-dealkylation sites (N-methyl/N-ethyl adjacent to an activating group) is 1. The zero-order valence-corrected chi connectivity index (χ0v) is 42.0. The number of aryl methyl sites for hydroxylation is 1. The molecule has 0 saturated carbocycles. The summed E-state index contributed by atoms with van der Waals surface area (Å²) in [5.74, 6) is -1.97. The van der Waals surface area contributed by atoms with Crippen molar-refractivity contribution in [3.05, 3.63) is 60.4 Å². The standard InChI is InChI=1S/C52H76N8O8/c1-11-42(54-48(63)46(35(4)5)56(9)49(64)37-20-25-58(31-37)44(62)12-2)50(65)60-24-15-21-52(32-61,55-60)34-68-33-51(7,8)30-41-40-29-38(57-23-16-27-67-28-26-57)18-19-43(40)59(13-3)47(41)39-17-14-22-53-45(39)36(6)66-10/h12,14,17-19,22,29,32,35-37,42,46,55H,2,11,13,15-16,20-21,23-28,30-31,33-34H2,1,3-10H3,(H,54,63)/t36-,37-,42-,46-,52?/m0/s1. The highest BCUT2D eigenvalue weighted by Crippen LogP contribution is 2.42. The van der Waals surface area contributed by atoms with Crippen molar-refractivity contribution >= 4 is 46.5 Å². The molecule has 4 amide bonds. The summed E-state index contributed by atoms with van der Waals surface area (Å²) in [6.45, 7) is 23.0. The van der Waals surface area contributed by atoms with Gasteiger partial charge in [0.1, 0.15) is 23.9 Å². The Morgan fingerprint density at radius 1 is 1.09 bits per heavy atom. The van der Waals surface area contributed by atoms with Gasteiger partial charge < -0.3 is 43.6 Å². The van der Waals surface area contributed by atoms with Crippen LogP contribution in [0, 0.1) is 17.3 Å². The van der Waals surface area contributed by atoms with Crippen LogP contribution in [0.3, 0.4) is 0 Å². The number of carbonyl (C=O) groups excluding carboxylic acids is 5. The molecule has 1 aromatic carbocycles. The lowest BCUT2D eigenvalue weighted by molar-refractivity contribution is -0.149. The van der Waals surface area contributed by atoms with Crippen LogP contribution in [0.2, 0.25) is 0 Å². The molecule has 3 aliphatic heterocycles. The molecule has 1 unspecified atom stereocenters. The predicted octanol–water partition coefficient (Wildman–Crippen LogP) is 5.72. The van der Waals surface area contributed by atoms with Gasteiger partial charge in [0.05, 0.1) is 43.2 Å². The van der Waals surface area contributed by atoms with Crippen LogP contribution in [0.4, 0.5) is 5.69 Å². The lowest BCUT2D eigenvalue weighted by atomic mass is 9.84. The van der Waals surface area contributed by atoms with Gasteiger partial charge in [0.2, 0.25) is 17.7 Å². The van der Waals surface area contributed by atoms with E-state index >= 15 is 0 Å². The molecule has 0 spiro atoms. The van der Waals surface area contributed by atoms with Gasteiger partial charge in [-0.05, 0) is 106 Å².